The van der Waals surface area contributed by atoms with Crippen LogP contribution in [0.4, 0.5) is 0 Å². The lowest BCUT2D eigenvalue weighted by atomic mass is 10.1. The SMILES string of the molecule is CCc1ccc(OCC(=O)N[C@@H](CCCN=C(N)N[N+](=O)[O-])C(=O)NCCC(C)C)cc1. The van der Waals surface area contributed by atoms with Gasteiger partial charge in [-0.1, -0.05) is 38.3 Å². The fourth-order valence-electron chi connectivity index (χ4n) is 2.71. The number of nitrogens with one attached hydrogen (secondary N) is 3. The number of aryl methyl sites for hydroxylation is 1. The van der Waals surface area contributed by atoms with Crippen molar-refractivity contribution in [1.82, 2.24) is 16.1 Å². The molecule has 0 aromatic heterocycles. The molecule has 0 saturated heterocycles. The highest BCUT2D eigenvalue weighted by Crippen LogP contribution is 2.12. The van der Waals surface area contributed by atoms with Gasteiger partial charge in [0.25, 0.3) is 11.9 Å². The highest BCUT2D eigenvalue weighted by Gasteiger charge is 2.20. The van der Waals surface area contributed by atoms with Crippen LogP contribution in [0.5, 0.6) is 5.75 Å². The standard InChI is InChI=1S/C21H34N6O5/c1-4-16-7-9-17(10-8-16)32-14-19(28)25-18(20(29)23-13-11-15(2)3)6-5-12-24-21(22)26-27(30)31/h7-10,15,18H,4-6,11-14H2,1-3H3,(H,23,29)(H,25,28)(H3,22,24,26)/t18-/m0/s1. The second-order valence-electron chi connectivity index (χ2n) is 7.66. The van der Waals surface area contributed by atoms with Crippen LogP contribution < -0.4 is 26.5 Å². The number of hydrogen-bond donors (Lipinski definition) is 4. The highest BCUT2D eigenvalue weighted by molar-refractivity contribution is 5.88. The van der Waals surface area contributed by atoms with Gasteiger partial charge in [-0.15, -0.1) is 0 Å². The summed E-state index contributed by atoms with van der Waals surface area (Å²) >= 11 is 0. The number of nitrogens with zero attached hydrogens (tertiary/aromatic N) is 2. The molecule has 0 heterocycles. The first-order chi connectivity index (χ1) is 15.2. The third-order valence-corrected chi connectivity index (χ3v) is 4.51. The van der Waals surface area contributed by atoms with Crippen LogP contribution in [-0.4, -0.2) is 48.5 Å². The molecule has 1 atom stereocenters. The topological polar surface area (TPSA) is 161 Å². The van der Waals surface area contributed by atoms with Gasteiger partial charge in [0.05, 0.1) is 0 Å². The van der Waals surface area contributed by atoms with E-state index in [1.54, 1.807) is 17.6 Å². The number of amides is 2. The van der Waals surface area contributed by atoms with E-state index in [9.17, 15) is 19.7 Å². The van der Waals surface area contributed by atoms with Crippen molar-refractivity contribution in [3.8, 4) is 5.75 Å². The number of benzene rings is 1. The van der Waals surface area contributed by atoms with Crippen LogP contribution in [-0.2, 0) is 16.0 Å². The van der Waals surface area contributed by atoms with Gasteiger partial charge in [0.1, 0.15) is 11.8 Å². The number of hydrazine groups is 1. The molecule has 0 spiro atoms. The minimum atomic E-state index is -0.806. The minimum absolute atomic E-state index is 0.165. The number of nitrogens with two attached hydrogens (primary N) is 1. The van der Waals surface area contributed by atoms with E-state index < -0.39 is 17.0 Å². The number of ether oxygens (including phenoxy) is 1. The van der Waals surface area contributed by atoms with Crippen molar-refractivity contribution in [2.75, 3.05) is 19.7 Å². The van der Waals surface area contributed by atoms with Crippen molar-refractivity contribution in [1.29, 1.82) is 0 Å². The smallest absolute Gasteiger partial charge is 0.258 e. The molecule has 2 amide bonds. The third-order valence-electron chi connectivity index (χ3n) is 4.51. The molecule has 1 rings (SSSR count). The molecule has 0 saturated carbocycles. The monoisotopic (exact) mass is 450 g/mol. The summed E-state index contributed by atoms with van der Waals surface area (Å²) in [6.07, 6.45) is 2.41. The van der Waals surface area contributed by atoms with Gasteiger partial charge in [0.2, 0.25) is 5.91 Å². The van der Waals surface area contributed by atoms with Crippen LogP contribution in [0.25, 0.3) is 0 Å². The Hall–Kier alpha value is -3.37. The Labute approximate surface area is 188 Å². The van der Waals surface area contributed by atoms with E-state index in [0.29, 0.717) is 31.1 Å². The zero-order valence-electron chi connectivity index (χ0n) is 18.9. The zero-order valence-corrected chi connectivity index (χ0v) is 18.9. The normalized spacial score (nSPS) is 12.2. The fraction of sp³-hybridized carbons (Fsp3) is 0.571. The second-order valence-corrected chi connectivity index (χ2v) is 7.66. The van der Waals surface area contributed by atoms with Gasteiger partial charge >= 0.3 is 0 Å². The Balaban J connectivity index is 2.60. The Bertz CT molecular complexity index is 766. The summed E-state index contributed by atoms with van der Waals surface area (Å²) in [7, 11) is 0. The maximum atomic E-state index is 12.5. The van der Waals surface area contributed by atoms with E-state index in [-0.39, 0.29) is 25.0 Å². The molecule has 5 N–H and O–H groups in total. The van der Waals surface area contributed by atoms with Crippen molar-refractivity contribution in [2.45, 2.75) is 52.5 Å². The lowest BCUT2D eigenvalue weighted by Crippen LogP contribution is -2.48. The number of carbonyl (C=O) groups excluding carboxylic acids is 2. The number of carbonyl (C=O) groups is 2. The summed E-state index contributed by atoms with van der Waals surface area (Å²) in [5.74, 6) is -0.0432. The van der Waals surface area contributed by atoms with E-state index in [1.807, 2.05) is 19.1 Å². The van der Waals surface area contributed by atoms with E-state index >= 15 is 0 Å². The Morgan fingerprint density at radius 1 is 1.22 bits per heavy atom. The van der Waals surface area contributed by atoms with Crippen molar-refractivity contribution in [3.05, 3.63) is 39.9 Å². The van der Waals surface area contributed by atoms with E-state index in [1.165, 1.54) is 0 Å². The zero-order chi connectivity index (χ0) is 23.9. The molecule has 1 aromatic rings. The van der Waals surface area contributed by atoms with Gasteiger partial charge in [0, 0.05) is 13.1 Å². The van der Waals surface area contributed by atoms with Gasteiger partial charge in [-0.05, 0) is 49.3 Å². The molecule has 1 aromatic carbocycles. The lowest BCUT2D eigenvalue weighted by Gasteiger charge is -2.19. The molecule has 0 radical (unpaired) electrons. The van der Waals surface area contributed by atoms with Crippen molar-refractivity contribution >= 4 is 17.8 Å². The molecule has 32 heavy (non-hydrogen) atoms. The number of guanidine groups is 1. The summed E-state index contributed by atoms with van der Waals surface area (Å²) < 4.78 is 5.50. The van der Waals surface area contributed by atoms with Crippen LogP contribution in [0.2, 0.25) is 0 Å². The molecular formula is C21H34N6O5. The number of aliphatic imine (C=N–C) groups is 1. The predicted molar refractivity (Wildman–Crippen MR) is 122 cm³/mol. The average Bonchev–Trinajstić information content (AvgIpc) is 2.73. The Kier molecular flexibility index (Phi) is 12.2. The first-order valence-electron chi connectivity index (χ1n) is 10.7. The molecule has 11 heteroatoms. The first-order valence-corrected chi connectivity index (χ1v) is 10.7. The van der Waals surface area contributed by atoms with Gasteiger partial charge in [-0.3, -0.25) is 9.59 Å². The molecule has 0 bridgehead atoms. The first kappa shape index (κ1) is 26.7. The largest absolute Gasteiger partial charge is 0.484 e. The van der Waals surface area contributed by atoms with Crippen molar-refractivity contribution < 1.29 is 19.4 Å². The summed E-state index contributed by atoms with van der Waals surface area (Å²) in [5.41, 5.74) is 8.28. The lowest BCUT2D eigenvalue weighted by molar-refractivity contribution is -0.525. The van der Waals surface area contributed by atoms with Crippen molar-refractivity contribution in [2.24, 2.45) is 16.6 Å². The van der Waals surface area contributed by atoms with Gasteiger partial charge in [-0.25, -0.2) is 15.1 Å². The van der Waals surface area contributed by atoms with E-state index in [0.717, 1.165) is 18.4 Å². The summed E-state index contributed by atoms with van der Waals surface area (Å²) in [4.78, 5) is 39.0. The van der Waals surface area contributed by atoms with Crippen LogP contribution in [0.1, 0.15) is 45.6 Å². The predicted octanol–water partition coefficient (Wildman–Crippen LogP) is 1.15. The molecule has 0 unspecified atom stereocenters. The highest BCUT2D eigenvalue weighted by atomic mass is 16.7. The number of nitro groups is 1. The minimum Gasteiger partial charge on any atom is -0.484 e. The number of rotatable bonds is 14. The van der Waals surface area contributed by atoms with Gasteiger partial charge in [0.15, 0.2) is 11.6 Å². The third kappa shape index (κ3) is 11.7. The Morgan fingerprint density at radius 3 is 2.50 bits per heavy atom. The van der Waals surface area contributed by atoms with E-state index in [2.05, 4.69) is 29.5 Å². The summed E-state index contributed by atoms with van der Waals surface area (Å²) in [5, 5.41) is 15.0. The van der Waals surface area contributed by atoms with Gasteiger partial charge < -0.3 is 21.1 Å². The van der Waals surface area contributed by atoms with Gasteiger partial charge in [-0.2, -0.15) is 0 Å². The van der Waals surface area contributed by atoms with Crippen LogP contribution in [0.15, 0.2) is 29.3 Å². The van der Waals surface area contributed by atoms with Crippen LogP contribution >= 0.6 is 0 Å². The van der Waals surface area contributed by atoms with Crippen molar-refractivity contribution in [3.63, 3.8) is 0 Å². The average molecular weight is 451 g/mol. The summed E-state index contributed by atoms with van der Waals surface area (Å²) in [6, 6.07) is 6.67. The molecule has 178 valence electrons. The molecule has 0 aliphatic heterocycles. The molecule has 0 fully saturated rings. The van der Waals surface area contributed by atoms with Crippen LogP contribution in [0.3, 0.4) is 0 Å². The fourth-order valence-corrected chi connectivity index (χ4v) is 2.71. The van der Waals surface area contributed by atoms with E-state index in [4.69, 9.17) is 10.5 Å². The molecule has 11 nitrogen and oxygen atoms in total. The quantitative estimate of drug-likeness (QED) is 0.109. The number of hydrogen-bond acceptors (Lipinski definition) is 6. The summed E-state index contributed by atoms with van der Waals surface area (Å²) in [6.45, 7) is 6.60. The molecule has 0 aliphatic carbocycles. The van der Waals surface area contributed by atoms with Crippen LogP contribution in [0, 0.1) is 16.0 Å². The maximum absolute atomic E-state index is 12.5. The molecular weight excluding hydrogens is 416 g/mol. The second kappa shape index (κ2) is 14.6. The Morgan fingerprint density at radius 2 is 1.91 bits per heavy atom. The maximum Gasteiger partial charge on any atom is 0.258 e. The molecule has 0 aliphatic rings.